The molecule has 1 amide bonds. The molecule has 110 valence electrons. The van der Waals surface area contributed by atoms with Crippen LogP contribution in [0.1, 0.15) is 25.7 Å². The minimum Gasteiger partial charge on any atom is -0.393 e. The summed E-state index contributed by atoms with van der Waals surface area (Å²) in [5, 5.41) is 9.87. The third kappa shape index (κ3) is 3.68. The second-order valence-electron chi connectivity index (χ2n) is 6.04. The van der Waals surface area contributed by atoms with Gasteiger partial charge in [-0.25, -0.2) is 0 Å². The third-order valence-electron chi connectivity index (χ3n) is 4.66. The largest absolute Gasteiger partial charge is 0.393 e. The number of hydrogen-bond acceptors (Lipinski definition) is 4. The molecular weight excluding hydrogens is 242 g/mol. The maximum atomic E-state index is 11.9. The van der Waals surface area contributed by atoms with Gasteiger partial charge in [-0.15, -0.1) is 0 Å². The monoisotopic (exact) mass is 269 g/mol. The van der Waals surface area contributed by atoms with Gasteiger partial charge in [-0.05, 0) is 31.7 Å². The number of carbonyl (C=O) groups excluding carboxylic acids is 1. The molecule has 19 heavy (non-hydrogen) atoms. The number of aliphatic hydroxyl groups excluding tert-OH is 1. The normalized spacial score (nSPS) is 30.6. The first kappa shape index (κ1) is 14.8. The van der Waals surface area contributed by atoms with E-state index in [1.54, 1.807) is 4.90 Å². The van der Waals surface area contributed by atoms with Gasteiger partial charge in [0.15, 0.2) is 0 Å². The molecule has 0 radical (unpaired) electrons. The van der Waals surface area contributed by atoms with Crippen molar-refractivity contribution in [3.05, 3.63) is 0 Å². The van der Waals surface area contributed by atoms with Gasteiger partial charge in [0.2, 0.25) is 5.91 Å². The van der Waals surface area contributed by atoms with Crippen LogP contribution < -0.4 is 5.73 Å². The molecule has 2 fully saturated rings. The number of likely N-dealkylation sites (tertiary alicyclic amines) is 1. The van der Waals surface area contributed by atoms with E-state index in [1.807, 2.05) is 7.05 Å². The van der Waals surface area contributed by atoms with Crippen molar-refractivity contribution in [2.45, 2.75) is 31.8 Å². The number of rotatable bonds is 6. The average Bonchev–Trinajstić information content (AvgIpc) is 2.95. The fourth-order valence-electron chi connectivity index (χ4n) is 3.41. The quantitative estimate of drug-likeness (QED) is 0.706. The standard InChI is InChI=1S/C14H27N3O2/c1-16(7-2-6-15)14(19)5-8-17-9-11-3-4-13(18)12(11)10-17/h11-13,18H,2-10,15H2,1H3. The molecule has 3 N–H and O–H groups in total. The Kier molecular flexibility index (Phi) is 5.19. The number of aliphatic hydroxyl groups is 1. The topological polar surface area (TPSA) is 69.8 Å². The zero-order chi connectivity index (χ0) is 13.8. The fourth-order valence-corrected chi connectivity index (χ4v) is 3.41. The first-order valence-electron chi connectivity index (χ1n) is 7.46. The number of carbonyl (C=O) groups is 1. The summed E-state index contributed by atoms with van der Waals surface area (Å²) < 4.78 is 0. The van der Waals surface area contributed by atoms with Crippen molar-refractivity contribution in [1.82, 2.24) is 9.80 Å². The maximum absolute atomic E-state index is 11.9. The van der Waals surface area contributed by atoms with Gasteiger partial charge >= 0.3 is 0 Å². The van der Waals surface area contributed by atoms with Crippen molar-refractivity contribution in [2.24, 2.45) is 17.6 Å². The number of fused-ring (bicyclic) bond motifs is 1. The van der Waals surface area contributed by atoms with E-state index in [0.29, 0.717) is 24.8 Å². The van der Waals surface area contributed by atoms with Gasteiger partial charge in [0.1, 0.15) is 0 Å². The van der Waals surface area contributed by atoms with Gasteiger partial charge in [0, 0.05) is 45.6 Å². The summed E-state index contributed by atoms with van der Waals surface area (Å²) in [6, 6.07) is 0. The molecule has 0 spiro atoms. The lowest BCUT2D eigenvalue weighted by Gasteiger charge is -2.20. The molecule has 3 atom stereocenters. The summed E-state index contributed by atoms with van der Waals surface area (Å²) in [4.78, 5) is 16.0. The van der Waals surface area contributed by atoms with Gasteiger partial charge in [0.25, 0.3) is 0 Å². The number of hydrogen-bond donors (Lipinski definition) is 2. The highest BCUT2D eigenvalue weighted by Crippen LogP contribution is 2.37. The van der Waals surface area contributed by atoms with Gasteiger partial charge < -0.3 is 20.6 Å². The molecule has 1 aliphatic carbocycles. The lowest BCUT2D eigenvalue weighted by Crippen LogP contribution is -2.33. The smallest absolute Gasteiger partial charge is 0.223 e. The molecule has 1 saturated heterocycles. The van der Waals surface area contributed by atoms with Crippen LogP contribution in [0.3, 0.4) is 0 Å². The Morgan fingerprint density at radius 3 is 2.89 bits per heavy atom. The van der Waals surface area contributed by atoms with Crippen LogP contribution in [0.15, 0.2) is 0 Å². The summed E-state index contributed by atoms with van der Waals surface area (Å²) in [7, 11) is 1.85. The van der Waals surface area contributed by atoms with E-state index in [2.05, 4.69) is 4.90 Å². The zero-order valence-corrected chi connectivity index (χ0v) is 11.9. The highest BCUT2D eigenvalue weighted by atomic mass is 16.3. The van der Waals surface area contributed by atoms with Gasteiger partial charge in [0.05, 0.1) is 6.10 Å². The van der Waals surface area contributed by atoms with E-state index >= 15 is 0 Å². The van der Waals surface area contributed by atoms with Crippen LogP contribution in [0.5, 0.6) is 0 Å². The second kappa shape index (κ2) is 6.68. The molecular formula is C14H27N3O2. The van der Waals surface area contributed by atoms with E-state index < -0.39 is 0 Å². The highest BCUT2D eigenvalue weighted by molar-refractivity contribution is 5.76. The molecule has 0 aromatic rings. The van der Waals surface area contributed by atoms with Crippen LogP contribution in [-0.4, -0.2) is 66.7 Å². The predicted octanol–water partition coefficient (Wildman–Crippen LogP) is -0.114. The Morgan fingerprint density at radius 1 is 1.42 bits per heavy atom. The van der Waals surface area contributed by atoms with Crippen molar-refractivity contribution in [2.75, 3.05) is 39.8 Å². The van der Waals surface area contributed by atoms with E-state index in [9.17, 15) is 9.90 Å². The highest BCUT2D eigenvalue weighted by Gasteiger charge is 2.41. The fraction of sp³-hybridized carbons (Fsp3) is 0.929. The summed E-state index contributed by atoms with van der Waals surface area (Å²) >= 11 is 0. The lowest BCUT2D eigenvalue weighted by atomic mass is 10.00. The molecule has 0 aromatic heterocycles. The average molecular weight is 269 g/mol. The van der Waals surface area contributed by atoms with E-state index in [0.717, 1.165) is 45.4 Å². The van der Waals surface area contributed by atoms with Crippen molar-refractivity contribution in [3.8, 4) is 0 Å². The predicted molar refractivity (Wildman–Crippen MR) is 74.6 cm³/mol. The van der Waals surface area contributed by atoms with Gasteiger partial charge in [-0.1, -0.05) is 0 Å². The molecule has 3 unspecified atom stereocenters. The molecule has 5 heteroatoms. The molecule has 5 nitrogen and oxygen atoms in total. The van der Waals surface area contributed by atoms with Crippen LogP contribution in [0.25, 0.3) is 0 Å². The van der Waals surface area contributed by atoms with Crippen LogP contribution in [0, 0.1) is 11.8 Å². The Morgan fingerprint density at radius 2 is 2.21 bits per heavy atom. The van der Waals surface area contributed by atoms with Crippen LogP contribution in [-0.2, 0) is 4.79 Å². The molecule has 2 aliphatic rings. The Balaban J connectivity index is 1.68. The zero-order valence-electron chi connectivity index (χ0n) is 11.9. The van der Waals surface area contributed by atoms with E-state index in [4.69, 9.17) is 5.73 Å². The number of nitrogens with zero attached hydrogens (tertiary/aromatic N) is 2. The maximum Gasteiger partial charge on any atom is 0.223 e. The molecule has 0 bridgehead atoms. The minimum absolute atomic E-state index is 0.113. The van der Waals surface area contributed by atoms with Gasteiger partial charge in [-0.2, -0.15) is 0 Å². The Bertz CT molecular complexity index is 311. The summed E-state index contributed by atoms with van der Waals surface area (Å²) in [5.41, 5.74) is 5.45. The first-order valence-corrected chi connectivity index (χ1v) is 7.46. The first-order chi connectivity index (χ1) is 9.11. The minimum atomic E-state index is -0.113. The summed E-state index contributed by atoms with van der Waals surface area (Å²) in [5.74, 6) is 1.30. The van der Waals surface area contributed by atoms with E-state index in [1.165, 1.54) is 0 Å². The summed E-state index contributed by atoms with van der Waals surface area (Å²) in [6.45, 7) is 4.23. The van der Waals surface area contributed by atoms with Crippen molar-refractivity contribution >= 4 is 5.91 Å². The van der Waals surface area contributed by atoms with Crippen molar-refractivity contribution in [1.29, 1.82) is 0 Å². The van der Waals surface area contributed by atoms with Crippen molar-refractivity contribution < 1.29 is 9.90 Å². The van der Waals surface area contributed by atoms with Crippen LogP contribution >= 0.6 is 0 Å². The Hall–Kier alpha value is -0.650. The SMILES string of the molecule is CN(CCCN)C(=O)CCN1CC2CCC(O)C2C1. The lowest BCUT2D eigenvalue weighted by molar-refractivity contribution is -0.130. The molecule has 1 aliphatic heterocycles. The van der Waals surface area contributed by atoms with Crippen molar-refractivity contribution in [3.63, 3.8) is 0 Å². The molecule has 0 aromatic carbocycles. The van der Waals surface area contributed by atoms with Crippen LogP contribution in [0.2, 0.25) is 0 Å². The third-order valence-corrected chi connectivity index (χ3v) is 4.66. The molecule has 2 rings (SSSR count). The molecule has 1 heterocycles. The van der Waals surface area contributed by atoms with Crippen LogP contribution in [0.4, 0.5) is 0 Å². The number of amides is 1. The van der Waals surface area contributed by atoms with Gasteiger partial charge in [-0.3, -0.25) is 4.79 Å². The number of nitrogens with two attached hydrogens (primary N) is 1. The molecule has 1 saturated carbocycles. The van der Waals surface area contributed by atoms with E-state index in [-0.39, 0.29) is 12.0 Å². The summed E-state index contributed by atoms with van der Waals surface area (Å²) in [6.07, 6.45) is 3.44. The second-order valence-corrected chi connectivity index (χ2v) is 6.04. The Labute approximate surface area is 115 Å².